The van der Waals surface area contributed by atoms with Crippen LogP contribution in [-0.2, 0) is 27.9 Å². The summed E-state index contributed by atoms with van der Waals surface area (Å²) in [4.78, 5) is 0. The van der Waals surface area contributed by atoms with Crippen molar-refractivity contribution in [3.8, 4) is 45.3 Å². The Balaban J connectivity index is 1.47. The van der Waals surface area contributed by atoms with Crippen molar-refractivity contribution in [3.63, 3.8) is 0 Å². The van der Waals surface area contributed by atoms with Crippen molar-refractivity contribution in [1.29, 1.82) is 0 Å². The Morgan fingerprint density at radius 3 is 1.20 bits per heavy atom. The van der Waals surface area contributed by atoms with Crippen LogP contribution in [0.3, 0.4) is 0 Å². The van der Waals surface area contributed by atoms with Gasteiger partial charge in [-0.1, -0.05) is 0 Å². The van der Waals surface area contributed by atoms with Gasteiger partial charge in [0, 0.05) is 0 Å². The molecule has 8 rings (SSSR count). The van der Waals surface area contributed by atoms with E-state index >= 15 is 0 Å². The Morgan fingerprint density at radius 1 is 0.550 bits per heavy atom. The van der Waals surface area contributed by atoms with E-state index in [-0.39, 0.29) is 7.25 Å². The molecule has 0 amide bonds. The Labute approximate surface area is 361 Å². The van der Waals surface area contributed by atoms with E-state index in [0.29, 0.717) is 0 Å². The Bertz CT molecular complexity index is 2590. The maximum atomic E-state index is 9.01. The zero-order valence-corrected chi connectivity index (χ0v) is 41.0. The third-order valence-corrected chi connectivity index (χ3v) is 58.9. The molecule has 2 aliphatic carbocycles. The monoisotopic (exact) mass is 936 g/mol. The van der Waals surface area contributed by atoms with E-state index in [1.54, 1.807) is 28.4 Å². The summed E-state index contributed by atoms with van der Waals surface area (Å²) in [6.45, 7) is 13.0. The molecule has 4 aromatic carbocycles. The number of methoxy groups -OCH3 is 4. The fraction of sp³-hybridized carbons (Fsp3) is 0.280. The Morgan fingerprint density at radius 2 is 0.917 bits per heavy atom. The zero-order valence-electron chi connectivity index (χ0n) is 36.0. The van der Waals surface area contributed by atoms with E-state index in [2.05, 4.69) is 99.8 Å². The summed E-state index contributed by atoms with van der Waals surface area (Å²) in [6, 6.07) is 29.5. The second kappa shape index (κ2) is 16.2. The molecule has 2 atom stereocenters. The molecule has 2 aliphatic rings. The van der Waals surface area contributed by atoms with E-state index in [4.69, 9.17) is 44.8 Å². The molecule has 6 aromatic rings. The van der Waals surface area contributed by atoms with Gasteiger partial charge in [0.2, 0.25) is 0 Å². The third kappa shape index (κ3) is 6.87. The van der Waals surface area contributed by atoms with E-state index in [9.17, 15) is 0 Å². The minimum atomic E-state index is -5.53. The van der Waals surface area contributed by atoms with Crippen LogP contribution in [0.25, 0.3) is 45.6 Å². The van der Waals surface area contributed by atoms with Gasteiger partial charge in [-0.2, -0.15) is 0 Å². The Kier molecular flexibility index (Phi) is 11.5. The molecular formula is C50H52Cl2O6SiZr. The first-order valence-electron chi connectivity index (χ1n) is 20.5. The third-order valence-electron chi connectivity index (χ3n) is 12.7. The summed E-state index contributed by atoms with van der Waals surface area (Å²) in [5, 5.41) is 0. The first-order valence-corrected chi connectivity index (χ1v) is 35.9. The molecule has 2 unspecified atom stereocenters. The van der Waals surface area contributed by atoms with Gasteiger partial charge < -0.3 is 0 Å². The maximum absolute atomic E-state index is 9.01. The number of ether oxygens (including phenoxy) is 4. The van der Waals surface area contributed by atoms with Crippen molar-refractivity contribution in [3.05, 3.63) is 141 Å². The van der Waals surface area contributed by atoms with Gasteiger partial charge in [0.15, 0.2) is 0 Å². The van der Waals surface area contributed by atoms with Gasteiger partial charge in [0.1, 0.15) is 0 Å². The molecule has 10 heteroatoms. The van der Waals surface area contributed by atoms with Crippen LogP contribution < -0.4 is 18.9 Å². The number of fused-ring (bicyclic) bond motifs is 2. The average Bonchev–Trinajstić information content (AvgIpc) is 4.07. The van der Waals surface area contributed by atoms with E-state index in [0.717, 1.165) is 115 Å². The Hall–Kier alpha value is -4.20. The minimum absolute atomic E-state index is 0.321. The number of hydrogen-bond donors (Lipinski definition) is 0. The standard InChI is InChI=1S/2C24H23O3.C2H6Si.2ClH.Zr/c2*1-5-16-7-8-17-10-18(23-9-6-15(2)27-23)13-22(17)24(16)19-11-20(25-3)14-21(12-19)26-4;1-3-2;;;/h2*6-14H,5H2,1-4H3;1-2H3;2*1H;/q;;;;;+2/p-2. The summed E-state index contributed by atoms with van der Waals surface area (Å²) in [7, 11) is 24.8. The second-order valence-electron chi connectivity index (χ2n) is 16.2. The molecule has 0 radical (unpaired) electrons. The molecule has 60 heavy (non-hydrogen) atoms. The van der Waals surface area contributed by atoms with E-state index < -0.39 is 20.4 Å². The molecule has 0 N–H and O–H groups in total. The molecular weight excluding hydrogens is 887 g/mol. The number of furan rings is 2. The predicted molar refractivity (Wildman–Crippen MR) is 246 cm³/mol. The van der Waals surface area contributed by atoms with Crippen molar-refractivity contribution < 1.29 is 42.8 Å². The molecule has 2 aromatic heterocycles. The van der Waals surface area contributed by atoms with E-state index in [1.807, 2.05) is 38.1 Å². The molecule has 0 aliphatic heterocycles. The van der Waals surface area contributed by atoms with Crippen LogP contribution in [0.15, 0.2) is 93.8 Å². The van der Waals surface area contributed by atoms with Crippen molar-refractivity contribution in [1.82, 2.24) is 0 Å². The van der Waals surface area contributed by atoms with Crippen LogP contribution in [-0.4, -0.2) is 33.9 Å². The van der Waals surface area contributed by atoms with Gasteiger partial charge in [-0.25, -0.2) is 0 Å². The number of allylic oxidation sites excluding steroid dienone is 2. The van der Waals surface area contributed by atoms with Crippen LogP contribution in [0.5, 0.6) is 23.0 Å². The molecule has 310 valence electrons. The number of hydrogen-bond acceptors (Lipinski definition) is 6. The predicted octanol–water partition coefficient (Wildman–Crippen LogP) is 14.1. The quantitative estimate of drug-likeness (QED) is 0.114. The molecule has 0 saturated carbocycles. The van der Waals surface area contributed by atoms with Crippen molar-refractivity contribution in [2.75, 3.05) is 28.4 Å². The van der Waals surface area contributed by atoms with Gasteiger partial charge in [0.05, 0.1) is 0 Å². The molecule has 0 spiro atoms. The van der Waals surface area contributed by atoms with Gasteiger partial charge in [-0.05, 0) is 0 Å². The van der Waals surface area contributed by atoms with Crippen molar-refractivity contribution in [2.45, 2.75) is 60.9 Å². The number of aryl methyl sites for hydroxylation is 4. The van der Waals surface area contributed by atoms with E-state index in [1.165, 1.54) is 11.1 Å². The summed E-state index contributed by atoms with van der Waals surface area (Å²) in [5.41, 5.74) is 11.7. The summed E-state index contributed by atoms with van der Waals surface area (Å²) < 4.78 is 35.7. The summed E-state index contributed by atoms with van der Waals surface area (Å²) >= 11 is -5.53. The summed E-state index contributed by atoms with van der Waals surface area (Å²) in [6.07, 6.45) is 6.27. The fourth-order valence-electron chi connectivity index (χ4n) is 9.65. The average molecular weight is 939 g/mol. The molecule has 0 saturated heterocycles. The van der Waals surface area contributed by atoms with Crippen LogP contribution >= 0.6 is 17.0 Å². The number of halogens is 2. The van der Waals surface area contributed by atoms with Gasteiger partial charge in [0.25, 0.3) is 0 Å². The fourth-order valence-corrected chi connectivity index (χ4v) is 37.3. The number of benzene rings is 4. The van der Waals surface area contributed by atoms with Gasteiger partial charge >= 0.3 is 364 Å². The summed E-state index contributed by atoms with van der Waals surface area (Å²) in [5.74, 6) is 6.11. The SMILES string of the molecule is CCc1ccc2c(c1-c1cc(OC)cc(OC)c1)C=C(c1ccc(C)o1)[CH]2[Zr]([Cl])([Cl])([CH]1C(c2ccc(C)o2)=Cc2c1ccc(CC)c2-c1cc(OC)cc(OC)c1)=[Si](C)C. The molecule has 0 fully saturated rings. The topological polar surface area (TPSA) is 63.2 Å². The van der Waals surface area contributed by atoms with Gasteiger partial charge in [-0.15, -0.1) is 0 Å². The number of rotatable bonds is 12. The molecule has 6 nitrogen and oxygen atoms in total. The van der Waals surface area contributed by atoms with Crippen LogP contribution in [0.1, 0.15) is 77.5 Å². The van der Waals surface area contributed by atoms with Gasteiger partial charge in [-0.3, -0.25) is 0 Å². The first kappa shape index (κ1) is 42.5. The zero-order chi connectivity index (χ0) is 42.7. The van der Waals surface area contributed by atoms with Crippen LogP contribution in [0, 0.1) is 13.8 Å². The molecule has 0 bridgehead atoms. The van der Waals surface area contributed by atoms with Crippen LogP contribution in [0.2, 0.25) is 13.1 Å². The van der Waals surface area contributed by atoms with Crippen molar-refractivity contribution >= 4 is 45.8 Å². The normalized spacial score (nSPS) is 15.9. The van der Waals surface area contributed by atoms with Crippen molar-refractivity contribution in [2.24, 2.45) is 0 Å². The first-order chi connectivity index (χ1) is 28.8. The molecule has 2 heterocycles. The van der Waals surface area contributed by atoms with Crippen LogP contribution in [0.4, 0.5) is 0 Å². The second-order valence-corrected chi connectivity index (χ2v) is 54.9.